The second kappa shape index (κ2) is 5.21. The number of nitrogens with one attached hydrogen (secondary N) is 1. The summed E-state index contributed by atoms with van der Waals surface area (Å²) in [6.07, 6.45) is 0. The second-order valence-electron chi connectivity index (χ2n) is 4.66. The molecule has 3 heteroatoms. The minimum Gasteiger partial charge on any atom is -0.508 e. The maximum Gasteiger partial charge on any atom is 0.120 e. The second-order valence-corrected chi connectivity index (χ2v) is 4.66. The standard InChI is InChI=1S/C13H21NO2/c1-8(2)9(3)14-10(4)12-7-11(15)5-6-13(12)16/h5-10,14-16H,1-4H3. The van der Waals surface area contributed by atoms with Crippen molar-refractivity contribution in [3.63, 3.8) is 0 Å². The summed E-state index contributed by atoms with van der Waals surface area (Å²) in [6.45, 7) is 8.38. The molecule has 1 aromatic carbocycles. The molecule has 0 bridgehead atoms. The van der Waals surface area contributed by atoms with Crippen molar-refractivity contribution in [1.29, 1.82) is 0 Å². The highest BCUT2D eigenvalue weighted by atomic mass is 16.3. The van der Waals surface area contributed by atoms with Crippen molar-refractivity contribution in [2.75, 3.05) is 0 Å². The smallest absolute Gasteiger partial charge is 0.120 e. The van der Waals surface area contributed by atoms with Crippen molar-refractivity contribution >= 4 is 0 Å². The topological polar surface area (TPSA) is 52.5 Å². The van der Waals surface area contributed by atoms with E-state index in [1.807, 2.05) is 6.92 Å². The minimum absolute atomic E-state index is 0.0181. The number of hydrogen-bond acceptors (Lipinski definition) is 3. The van der Waals surface area contributed by atoms with Crippen molar-refractivity contribution in [2.45, 2.75) is 39.8 Å². The van der Waals surface area contributed by atoms with Gasteiger partial charge in [0, 0.05) is 17.6 Å². The number of rotatable bonds is 4. The molecule has 0 amide bonds. The van der Waals surface area contributed by atoms with E-state index in [1.165, 1.54) is 12.1 Å². The molecular weight excluding hydrogens is 202 g/mol. The summed E-state index contributed by atoms with van der Waals surface area (Å²) < 4.78 is 0. The molecule has 1 rings (SSSR count). The summed E-state index contributed by atoms with van der Waals surface area (Å²) in [7, 11) is 0. The zero-order chi connectivity index (χ0) is 12.3. The van der Waals surface area contributed by atoms with E-state index in [0.29, 0.717) is 12.0 Å². The first kappa shape index (κ1) is 12.8. The van der Waals surface area contributed by atoms with Crippen LogP contribution in [-0.4, -0.2) is 16.3 Å². The monoisotopic (exact) mass is 223 g/mol. The summed E-state index contributed by atoms with van der Waals surface area (Å²) in [4.78, 5) is 0. The predicted octanol–water partition coefficient (Wildman–Crippen LogP) is 2.79. The molecule has 16 heavy (non-hydrogen) atoms. The fourth-order valence-electron chi connectivity index (χ4n) is 1.57. The SMILES string of the molecule is CC(NC(C)C(C)C)c1cc(O)ccc1O. The van der Waals surface area contributed by atoms with Crippen molar-refractivity contribution < 1.29 is 10.2 Å². The van der Waals surface area contributed by atoms with Gasteiger partial charge < -0.3 is 15.5 Å². The third-order valence-electron chi connectivity index (χ3n) is 2.99. The number of benzene rings is 1. The quantitative estimate of drug-likeness (QED) is 0.688. The number of hydrogen-bond donors (Lipinski definition) is 3. The Kier molecular flexibility index (Phi) is 4.19. The van der Waals surface area contributed by atoms with Gasteiger partial charge in [-0.1, -0.05) is 13.8 Å². The molecule has 0 heterocycles. The Morgan fingerprint density at radius 1 is 1.06 bits per heavy atom. The lowest BCUT2D eigenvalue weighted by Gasteiger charge is -2.23. The van der Waals surface area contributed by atoms with Gasteiger partial charge in [-0.15, -0.1) is 0 Å². The van der Waals surface area contributed by atoms with Crippen LogP contribution in [0.5, 0.6) is 11.5 Å². The first-order valence-electron chi connectivity index (χ1n) is 5.69. The molecule has 2 unspecified atom stereocenters. The molecule has 0 aliphatic carbocycles. The summed E-state index contributed by atoms with van der Waals surface area (Å²) in [5, 5.41) is 22.5. The van der Waals surface area contributed by atoms with Crippen molar-refractivity contribution in [3.05, 3.63) is 23.8 Å². The number of aromatic hydroxyl groups is 2. The van der Waals surface area contributed by atoms with E-state index < -0.39 is 0 Å². The van der Waals surface area contributed by atoms with Crippen LogP contribution in [0.1, 0.15) is 39.3 Å². The highest BCUT2D eigenvalue weighted by Gasteiger charge is 2.15. The van der Waals surface area contributed by atoms with Gasteiger partial charge in [0.05, 0.1) is 0 Å². The number of phenolic OH excluding ortho intramolecular Hbond substituents is 2. The molecule has 3 nitrogen and oxygen atoms in total. The molecule has 0 fully saturated rings. The number of phenols is 2. The third-order valence-corrected chi connectivity index (χ3v) is 2.99. The molecule has 1 aromatic rings. The normalized spacial score (nSPS) is 15.1. The molecule has 0 saturated carbocycles. The first-order valence-corrected chi connectivity index (χ1v) is 5.69. The highest BCUT2D eigenvalue weighted by Crippen LogP contribution is 2.28. The van der Waals surface area contributed by atoms with Crippen LogP contribution in [0.2, 0.25) is 0 Å². The lowest BCUT2D eigenvalue weighted by atomic mass is 10.0. The Labute approximate surface area is 97.1 Å². The Balaban J connectivity index is 2.80. The molecule has 0 aromatic heterocycles. The molecule has 0 spiro atoms. The van der Waals surface area contributed by atoms with Gasteiger partial charge in [-0.3, -0.25) is 0 Å². The Morgan fingerprint density at radius 3 is 2.25 bits per heavy atom. The minimum atomic E-state index is 0.0181. The van der Waals surface area contributed by atoms with Crippen LogP contribution in [-0.2, 0) is 0 Å². The van der Waals surface area contributed by atoms with Crippen LogP contribution in [0.15, 0.2) is 18.2 Å². The van der Waals surface area contributed by atoms with E-state index in [9.17, 15) is 10.2 Å². The summed E-state index contributed by atoms with van der Waals surface area (Å²) in [6, 6.07) is 4.97. The van der Waals surface area contributed by atoms with E-state index in [2.05, 4.69) is 26.1 Å². The Bertz CT molecular complexity index is 350. The van der Waals surface area contributed by atoms with E-state index in [-0.39, 0.29) is 17.5 Å². The summed E-state index contributed by atoms with van der Waals surface area (Å²) in [5.74, 6) is 0.925. The van der Waals surface area contributed by atoms with Gasteiger partial charge in [0.2, 0.25) is 0 Å². The average molecular weight is 223 g/mol. The van der Waals surface area contributed by atoms with Crippen LogP contribution in [0, 0.1) is 5.92 Å². The van der Waals surface area contributed by atoms with Gasteiger partial charge in [0.15, 0.2) is 0 Å². The van der Waals surface area contributed by atoms with Crippen LogP contribution in [0.4, 0.5) is 0 Å². The van der Waals surface area contributed by atoms with E-state index in [1.54, 1.807) is 6.07 Å². The summed E-state index contributed by atoms with van der Waals surface area (Å²) >= 11 is 0. The van der Waals surface area contributed by atoms with Crippen molar-refractivity contribution in [1.82, 2.24) is 5.32 Å². The van der Waals surface area contributed by atoms with E-state index in [4.69, 9.17) is 0 Å². The Hall–Kier alpha value is -1.22. The maximum absolute atomic E-state index is 9.71. The highest BCUT2D eigenvalue weighted by molar-refractivity contribution is 5.40. The molecule has 0 saturated heterocycles. The van der Waals surface area contributed by atoms with Crippen molar-refractivity contribution in [2.24, 2.45) is 5.92 Å². The molecule has 0 aliphatic rings. The lowest BCUT2D eigenvalue weighted by Crippen LogP contribution is -2.33. The van der Waals surface area contributed by atoms with Gasteiger partial charge >= 0.3 is 0 Å². The van der Waals surface area contributed by atoms with Crippen LogP contribution in [0.25, 0.3) is 0 Å². The predicted molar refractivity (Wildman–Crippen MR) is 65.6 cm³/mol. The Morgan fingerprint density at radius 2 is 1.69 bits per heavy atom. The van der Waals surface area contributed by atoms with Gasteiger partial charge in [-0.25, -0.2) is 0 Å². The van der Waals surface area contributed by atoms with Gasteiger partial charge in [-0.2, -0.15) is 0 Å². The molecule has 0 radical (unpaired) electrons. The van der Waals surface area contributed by atoms with Gasteiger partial charge in [-0.05, 0) is 38.0 Å². The first-order chi connectivity index (χ1) is 7.41. The van der Waals surface area contributed by atoms with Gasteiger partial charge in [0.1, 0.15) is 11.5 Å². The largest absolute Gasteiger partial charge is 0.508 e. The fourth-order valence-corrected chi connectivity index (χ4v) is 1.57. The lowest BCUT2D eigenvalue weighted by molar-refractivity contribution is 0.377. The zero-order valence-corrected chi connectivity index (χ0v) is 10.4. The fraction of sp³-hybridized carbons (Fsp3) is 0.538. The molecule has 90 valence electrons. The van der Waals surface area contributed by atoms with Crippen LogP contribution >= 0.6 is 0 Å². The van der Waals surface area contributed by atoms with Gasteiger partial charge in [0.25, 0.3) is 0 Å². The third kappa shape index (κ3) is 3.14. The van der Waals surface area contributed by atoms with E-state index >= 15 is 0 Å². The average Bonchev–Trinajstić information content (AvgIpc) is 2.21. The summed E-state index contributed by atoms with van der Waals surface area (Å²) in [5.41, 5.74) is 0.729. The molecule has 0 aliphatic heterocycles. The molecule has 2 atom stereocenters. The molecule has 3 N–H and O–H groups in total. The zero-order valence-electron chi connectivity index (χ0n) is 10.4. The van der Waals surface area contributed by atoms with Crippen LogP contribution in [0.3, 0.4) is 0 Å². The van der Waals surface area contributed by atoms with E-state index in [0.717, 1.165) is 5.56 Å². The van der Waals surface area contributed by atoms with Crippen LogP contribution < -0.4 is 5.32 Å². The van der Waals surface area contributed by atoms with Crippen molar-refractivity contribution in [3.8, 4) is 11.5 Å². The molecular formula is C13H21NO2. The maximum atomic E-state index is 9.71.